The van der Waals surface area contributed by atoms with E-state index in [-0.39, 0.29) is 0 Å². The molecule has 1 fully saturated rings. The molecule has 1 saturated heterocycles. The third-order valence-electron chi connectivity index (χ3n) is 2.82. The van der Waals surface area contributed by atoms with Crippen molar-refractivity contribution in [2.24, 2.45) is 0 Å². The van der Waals surface area contributed by atoms with Crippen LogP contribution in [-0.4, -0.2) is 13.2 Å². The van der Waals surface area contributed by atoms with E-state index in [1.807, 2.05) is 25.1 Å². The van der Waals surface area contributed by atoms with E-state index in [0.29, 0.717) is 13.2 Å². The highest BCUT2D eigenvalue weighted by atomic mass is 35.5. The van der Waals surface area contributed by atoms with E-state index in [2.05, 4.69) is 6.92 Å². The molecule has 0 amide bonds. The van der Waals surface area contributed by atoms with Gasteiger partial charge in [-0.15, -0.1) is 0 Å². The minimum absolute atomic E-state index is 0.546. The first-order chi connectivity index (χ1) is 7.18. The van der Waals surface area contributed by atoms with Gasteiger partial charge in [-0.2, -0.15) is 0 Å². The summed E-state index contributed by atoms with van der Waals surface area (Å²) in [5, 5.41) is 0.781. The fourth-order valence-electron chi connectivity index (χ4n) is 1.91. The summed E-state index contributed by atoms with van der Waals surface area (Å²) in [5.41, 5.74) is 2.12. The monoisotopic (exact) mass is 226 g/mol. The van der Waals surface area contributed by atoms with Crippen LogP contribution in [0, 0.1) is 6.92 Å². The molecule has 0 N–H and O–H groups in total. The van der Waals surface area contributed by atoms with Crippen LogP contribution in [0.1, 0.15) is 24.5 Å². The van der Waals surface area contributed by atoms with Crippen LogP contribution in [0.5, 0.6) is 0 Å². The van der Waals surface area contributed by atoms with E-state index >= 15 is 0 Å². The SMILES string of the molecule is CCC1(c2ccc(Cl)c(C)c2)OCCO1. The van der Waals surface area contributed by atoms with Crippen LogP contribution in [0.3, 0.4) is 0 Å². The molecule has 3 heteroatoms. The van der Waals surface area contributed by atoms with E-state index in [1.165, 1.54) is 0 Å². The van der Waals surface area contributed by atoms with E-state index in [9.17, 15) is 0 Å². The molecule has 1 aromatic rings. The quantitative estimate of drug-likeness (QED) is 0.771. The van der Waals surface area contributed by atoms with Crippen LogP contribution in [-0.2, 0) is 15.3 Å². The van der Waals surface area contributed by atoms with Gasteiger partial charge in [0, 0.05) is 17.0 Å². The van der Waals surface area contributed by atoms with Crippen LogP contribution in [0.2, 0.25) is 5.02 Å². The van der Waals surface area contributed by atoms with Gasteiger partial charge in [-0.1, -0.05) is 24.6 Å². The standard InChI is InChI=1S/C12H15ClO2/c1-3-12(14-6-7-15-12)10-4-5-11(13)9(2)8-10/h4-5,8H,3,6-7H2,1-2H3. The lowest BCUT2D eigenvalue weighted by molar-refractivity contribution is -0.167. The first kappa shape index (κ1) is 10.9. The van der Waals surface area contributed by atoms with Crippen molar-refractivity contribution in [2.45, 2.75) is 26.1 Å². The predicted molar refractivity (Wildman–Crippen MR) is 60.1 cm³/mol. The molecule has 1 heterocycles. The average Bonchev–Trinajstić information content (AvgIpc) is 2.72. The summed E-state index contributed by atoms with van der Waals surface area (Å²) in [5.74, 6) is -0.546. The highest BCUT2D eigenvalue weighted by Crippen LogP contribution is 2.35. The van der Waals surface area contributed by atoms with E-state index in [1.54, 1.807) is 0 Å². The second kappa shape index (κ2) is 4.12. The zero-order valence-corrected chi connectivity index (χ0v) is 9.80. The summed E-state index contributed by atoms with van der Waals surface area (Å²) in [4.78, 5) is 0. The van der Waals surface area contributed by atoms with Crippen LogP contribution in [0.4, 0.5) is 0 Å². The minimum Gasteiger partial charge on any atom is -0.343 e. The molecule has 2 rings (SSSR count). The maximum Gasteiger partial charge on any atom is 0.194 e. The molecule has 0 aromatic heterocycles. The number of benzene rings is 1. The molecule has 1 aromatic carbocycles. The topological polar surface area (TPSA) is 18.5 Å². The van der Waals surface area contributed by atoms with Gasteiger partial charge in [-0.25, -0.2) is 0 Å². The van der Waals surface area contributed by atoms with Gasteiger partial charge in [-0.3, -0.25) is 0 Å². The molecular weight excluding hydrogens is 212 g/mol. The summed E-state index contributed by atoms with van der Waals surface area (Å²) < 4.78 is 11.4. The third kappa shape index (κ3) is 1.89. The lowest BCUT2D eigenvalue weighted by Crippen LogP contribution is -2.26. The molecule has 1 aliphatic heterocycles. The van der Waals surface area contributed by atoms with E-state index in [4.69, 9.17) is 21.1 Å². The Hall–Kier alpha value is -0.570. The van der Waals surface area contributed by atoms with Crippen LogP contribution in [0.15, 0.2) is 18.2 Å². The molecule has 0 saturated carbocycles. The Morgan fingerprint density at radius 1 is 1.33 bits per heavy atom. The van der Waals surface area contributed by atoms with Gasteiger partial charge in [-0.05, 0) is 24.6 Å². The molecule has 0 spiro atoms. The molecule has 15 heavy (non-hydrogen) atoms. The molecular formula is C12H15ClO2. The highest BCUT2D eigenvalue weighted by Gasteiger charge is 2.36. The molecule has 2 nitrogen and oxygen atoms in total. The highest BCUT2D eigenvalue weighted by molar-refractivity contribution is 6.31. The fraction of sp³-hybridized carbons (Fsp3) is 0.500. The van der Waals surface area contributed by atoms with Gasteiger partial charge in [0.2, 0.25) is 0 Å². The number of halogens is 1. The third-order valence-corrected chi connectivity index (χ3v) is 3.24. The van der Waals surface area contributed by atoms with Crippen LogP contribution >= 0.6 is 11.6 Å². The summed E-state index contributed by atoms with van der Waals surface area (Å²) in [7, 11) is 0. The first-order valence-electron chi connectivity index (χ1n) is 5.22. The fourth-order valence-corrected chi connectivity index (χ4v) is 2.03. The zero-order valence-electron chi connectivity index (χ0n) is 9.05. The van der Waals surface area contributed by atoms with Crippen molar-refractivity contribution in [3.8, 4) is 0 Å². The smallest absolute Gasteiger partial charge is 0.194 e. The largest absolute Gasteiger partial charge is 0.343 e. The lowest BCUT2D eigenvalue weighted by Gasteiger charge is -2.26. The molecule has 0 radical (unpaired) electrons. The number of hydrogen-bond acceptors (Lipinski definition) is 2. The molecule has 0 atom stereocenters. The summed E-state index contributed by atoms with van der Waals surface area (Å²) in [6.45, 7) is 5.38. The number of hydrogen-bond donors (Lipinski definition) is 0. The molecule has 82 valence electrons. The van der Waals surface area contributed by atoms with Crippen molar-refractivity contribution in [1.29, 1.82) is 0 Å². The number of aryl methyl sites for hydroxylation is 1. The van der Waals surface area contributed by atoms with E-state index < -0.39 is 5.79 Å². The molecule has 1 aliphatic rings. The van der Waals surface area contributed by atoms with Gasteiger partial charge in [0.05, 0.1) is 13.2 Å². The van der Waals surface area contributed by atoms with Gasteiger partial charge >= 0.3 is 0 Å². The Morgan fingerprint density at radius 2 is 2.00 bits per heavy atom. The van der Waals surface area contributed by atoms with Crippen LogP contribution < -0.4 is 0 Å². The Kier molecular flexibility index (Phi) is 3.01. The number of ether oxygens (including phenoxy) is 2. The molecule has 0 unspecified atom stereocenters. The normalized spacial score (nSPS) is 19.4. The van der Waals surface area contributed by atoms with E-state index in [0.717, 1.165) is 22.6 Å². The first-order valence-corrected chi connectivity index (χ1v) is 5.60. The predicted octanol–water partition coefficient (Wildman–Crippen LogP) is 3.26. The van der Waals surface area contributed by atoms with Crippen molar-refractivity contribution < 1.29 is 9.47 Å². The van der Waals surface area contributed by atoms with Gasteiger partial charge in [0.15, 0.2) is 5.79 Å². The molecule has 0 aliphatic carbocycles. The summed E-state index contributed by atoms with van der Waals surface area (Å²) >= 11 is 5.99. The maximum atomic E-state index is 5.99. The lowest BCUT2D eigenvalue weighted by atomic mass is 10.0. The van der Waals surface area contributed by atoms with Gasteiger partial charge < -0.3 is 9.47 Å². The Bertz CT molecular complexity index is 357. The Balaban J connectivity index is 2.38. The number of rotatable bonds is 2. The zero-order chi connectivity index (χ0) is 10.9. The Morgan fingerprint density at radius 3 is 2.53 bits per heavy atom. The minimum atomic E-state index is -0.546. The summed E-state index contributed by atoms with van der Waals surface area (Å²) in [6, 6.07) is 5.91. The second-order valence-corrected chi connectivity index (χ2v) is 4.17. The second-order valence-electron chi connectivity index (χ2n) is 3.77. The van der Waals surface area contributed by atoms with Crippen molar-refractivity contribution in [3.63, 3.8) is 0 Å². The summed E-state index contributed by atoms with van der Waals surface area (Å²) in [6.07, 6.45) is 0.814. The average molecular weight is 227 g/mol. The Labute approximate surface area is 95.1 Å². The maximum absolute atomic E-state index is 5.99. The van der Waals surface area contributed by atoms with Gasteiger partial charge in [0.1, 0.15) is 0 Å². The van der Waals surface area contributed by atoms with Crippen molar-refractivity contribution in [3.05, 3.63) is 34.3 Å². The van der Waals surface area contributed by atoms with Gasteiger partial charge in [0.25, 0.3) is 0 Å². The van der Waals surface area contributed by atoms with Crippen LogP contribution in [0.25, 0.3) is 0 Å². The van der Waals surface area contributed by atoms with Crippen molar-refractivity contribution in [2.75, 3.05) is 13.2 Å². The van der Waals surface area contributed by atoms with Crippen molar-refractivity contribution in [1.82, 2.24) is 0 Å². The molecule has 0 bridgehead atoms. The van der Waals surface area contributed by atoms with Crippen molar-refractivity contribution >= 4 is 11.6 Å².